The number of thiazole rings is 1. The second-order valence-electron chi connectivity index (χ2n) is 4.45. The number of benzene rings is 1. The van der Waals surface area contributed by atoms with Gasteiger partial charge in [-0.15, -0.1) is 5.10 Å². The molecule has 0 spiro atoms. The van der Waals surface area contributed by atoms with Gasteiger partial charge in [-0.05, 0) is 32.0 Å². The molecule has 0 fully saturated rings. The summed E-state index contributed by atoms with van der Waals surface area (Å²) in [5, 5.41) is 11.1. The largest absolute Gasteiger partial charge is 0.326 e. The van der Waals surface area contributed by atoms with Crippen molar-refractivity contribution >= 4 is 38.9 Å². The minimum atomic E-state index is -0.0728. The monoisotopic (exact) mass is 276 g/mol. The maximum atomic E-state index is 11.0. The molecule has 0 radical (unpaired) electrons. The zero-order valence-corrected chi connectivity index (χ0v) is 12.2. The predicted octanol–water partition coefficient (Wildman–Crippen LogP) is 2.49. The average Bonchev–Trinajstić information content (AvgIpc) is 2.62. The molecule has 0 aliphatic heterocycles. The Labute approximate surface area is 115 Å². The van der Waals surface area contributed by atoms with Crippen LogP contribution < -0.4 is 10.1 Å². The molecule has 0 unspecified atom stereocenters. The number of carbonyl (C=O) groups is 1. The Bertz CT molecular complexity index is 720. The zero-order valence-electron chi connectivity index (χ0n) is 11.4. The Morgan fingerprint density at radius 2 is 2.05 bits per heavy atom. The van der Waals surface area contributed by atoms with Crippen molar-refractivity contribution in [2.45, 2.75) is 20.8 Å². The number of carbonyl (C=O) groups excluding carboxylic acids is 1. The third-order valence-corrected chi connectivity index (χ3v) is 3.55. The van der Waals surface area contributed by atoms with Gasteiger partial charge in [0.2, 0.25) is 10.7 Å². The van der Waals surface area contributed by atoms with E-state index in [1.165, 1.54) is 6.92 Å². The standard InChI is InChI=1S/C13H16N4OS/c1-8(2)15-16-13-17(4)11-6-5-10(14-9(3)18)7-12(11)19-13/h5-7H,1-4H3,(H,14,18)/b16-13+. The van der Waals surface area contributed by atoms with Crippen molar-refractivity contribution in [2.75, 3.05) is 5.32 Å². The van der Waals surface area contributed by atoms with E-state index in [1.807, 2.05) is 43.7 Å². The van der Waals surface area contributed by atoms with Crippen molar-refractivity contribution in [3.8, 4) is 0 Å². The molecule has 2 rings (SSSR count). The van der Waals surface area contributed by atoms with Gasteiger partial charge in [0, 0.05) is 25.4 Å². The minimum absolute atomic E-state index is 0.0728. The molecule has 5 nitrogen and oxygen atoms in total. The van der Waals surface area contributed by atoms with Crippen LogP contribution in [0.25, 0.3) is 10.2 Å². The van der Waals surface area contributed by atoms with Crippen LogP contribution >= 0.6 is 11.3 Å². The summed E-state index contributed by atoms with van der Waals surface area (Å²) in [5.74, 6) is -0.0728. The molecule has 1 amide bonds. The fraction of sp³-hybridized carbons (Fsp3) is 0.308. The summed E-state index contributed by atoms with van der Waals surface area (Å²) < 4.78 is 3.06. The van der Waals surface area contributed by atoms with Crippen molar-refractivity contribution in [1.29, 1.82) is 0 Å². The quantitative estimate of drug-likeness (QED) is 0.665. The molecule has 1 heterocycles. The highest BCUT2D eigenvalue weighted by molar-refractivity contribution is 7.16. The molecule has 1 aromatic carbocycles. The molecule has 0 aliphatic carbocycles. The molecular formula is C13H16N4OS. The van der Waals surface area contributed by atoms with Crippen molar-refractivity contribution in [1.82, 2.24) is 4.57 Å². The summed E-state index contributed by atoms with van der Waals surface area (Å²) in [5.41, 5.74) is 2.78. The van der Waals surface area contributed by atoms with Gasteiger partial charge in [-0.25, -0.2) is 0 Å². The maximum Gasteiger partial charge on any atom is 0.221 e. The molecule has 0 saturated heterocycles. The molecule has 0 bridgehead atoms. The molecule has 1 aromatic heterocycles. The topological polar surface area (TPSA) is 58.8 Å². The van der Waals surface area contributed by atoms with E-state index < -0.39 is 0 Å². The Balaban J connectivity index is 2.54. The van der Waals surface area contributed by atoms with E-state index in [-0.39, 0.29) is 5.91 Å². The number of rotatable bonds is 2. The van der Waals surface area contributed by atoms with Crippen molar-refractivity contribution in [3.63, 3.8) is 0 Å². The smallest absolute Gasteiger partial charge is 0.221 e. The Kier molecular flexibility index (Phi) is 3.80. The molecule has 6 heteroatoms. The fourth-order valence-electron chi connectivity index (χ4n) is 1.65. The summed E-state index contributed by atoms with van der Waals surface area (Å²) in [6.07, 6.45) is 0. The second kappa shape index (κ2) is 5.36. The van der Waals surface area contributed by atoms with Gasteiger partial charge in [-0.3, -0.25) is 4.79 Å². The summed E-state index contributed by atoms with van der Waals surface area (Å²) in [7, 11) is 1.95. The highest BCUT2D eigenvalue weighted by atomic mass is 32.1. The molecular weight excluding hydrogens is 260 g/mol. The summed E-state index contributed by atoms with van der Waals surface area (Å²) in [6.45, 7) is 5.32. The van der Waals surface area contributed by atoms with Crippen molar-refractivity contribution in [2.24, 2.45) is 17.3 Å². The fourth-order valence-corrected chi connectivity index (χ4v) is 2.66. The molecule has 19 heavy (non-hydrogen) atoms. The van der Waals surface area contributed by atoms with Gasteiger partial charge in [-0.2, -0.15) is 5.10 Å². The average molecular weight is 276 g/mol. The maximum absolute atomic E-state index is 11.0. The van der Waals surface area contributed by atoms with Crippen LogP contribution in [0.5, 0.6) is 0 Å². The van der Waals surface area contributed by atoms with Crippen LogP contribution in [-0.2, 0) is 11.8 Å². The highest BCUT2D eigenvalue weighted by Gasteiger charge is 2.04. The zero-order chi connectivity index (χ0) is 14.0. The summed E-state index contributed by atoms with van der Waals surface area (Å²) in [6, 6.07) is 5.80. The number of anilines is 1. The van der Waals surface area contributed by atoms with Gasteiger partial charge >= 0.3 is 0 Å². The van der Waals surface area contributed by atoms with E-state index in [4.69, 9.17) is 0 Å². The lowest BCUT2D eigenvalue weighted by Gasteiger charge is -2.01. The van der Waals surface area contributed by atoms with E-state index in [2.05, 4.69) is 15.5 Å². The highest BCUT2D eigenvalue weighted by Crippen LogP contribution is 2.21. The van der Waals surface area contributed by atoms with E-state index in [0.29, 0.717) is 0 Å². The molecule has 0 atom stereocenters. The van der Waals surface area contributed by atoms with Crippen LogP contribution in [-0.4, -0.2) is 16.2 Å². The van der Waals surface area contributed by atoms with Crippen LogP contribution in [0.1, 0.15) is 20.8 Å². The van der Waals surface area contributed by atoms with Crippen LogP contribution in [0.4, 0.5) is 5.69 Å². The number of fused-ring (bicyclic) bond motifs is 1. The van der Waals surface area contributed by atoms with Gasteiger partial charge < -0.3 is 9.88 Å². The predicted molar refractivity (Wildman–Crippen MR) is 79.4 cm³/mol. The third kappa shape index (κ3) is 3.08. The molecule has 100 valence electrons. The summed E-state index contributed by atoms with van der Waals surface area (Å²) in [4.78, 5) is 11.9. The Hall–Kier alpha value is -1.95. The van der Waals surface area contributed by atoms with Crippen LogP contribution in [0.15, 0.2) is 28.4 Å². The first kappa shape index (κ1) is 13.5. The van der Waals surface area contributed by atoms with Gasteiger partial charge in [0.1, 0.15) is 0 Å². The minimum Gasteiger partial charge on any atom is -0.326 e. The van der Waals surface area contributed by atoms with Gasteiger partial charge in [0.05, 0.1) is 10.2 Å². The van der Waals surface area contributed by atoms with Gasteiger partial charge in [0.25, 0.3) is 0 Å². The van der Waals surface area contributed by atoms with Crippen molar-refractivity contribution in [3.05, 3.63) is 23.0 Å². The SMILES string of the molecule is CC(=O)Nc1ccc2c(c1)s/c(=N/N=C(C)C)n2C. The number of hydrogen-bond acceptors (Lipinski definition) is 4. The number of hydrogen-bond donors (Lipinski definition) is 1. The number of nitrogens with one attached hydrogen (secondary N) is 1. The molecule has 0 saturated carbocycles. The first-order valence-electron chi connectivity index (χ1n) is 5.89. The van der Waals surface area contributed by atoms with Crippen LogP contribution in [0.2, 0.25) is 0 Å². The number of nitrogens with zero attached hydrogens (tertiary/aromatic N) is 3. The number of aromatic nitrogens is 1. The van der Waals surface area contributed by atoms with Crippen LogP contribution in [0.3, 0.4) is 0 Å². The molecule has 2 aromatic rings. The molecule has 0 aliphatic rings. The lowest BCUT2D eigenvalue weighted by molar-refractivity contribution is -0.114. The first-order valence-corrected chi connectivity index (χ1v) is 6.71. The number of amides is 1. The second-order valence-corrected chi connectivity index (χ2v) is 5.46. The normalized spacial score (nSPS) is 11.7. The Morgan fingerprint density at radius 1 is 1.32 bits per heavy atom. The lowest BCUT2D eigenvalue weighted by Crippen LogP contribution is -2.09. The Morgan fingerprint density at radius 3 is 2.68 bits per heavy atom. The van der Waals surface area contributed by atoms with E-state index in [1.54, 1.807) is 11.3 Å². The van der Waals surface area contributed by atoms with E-state index in [9.17, 15) is 4.79 Å². The lowest BCUT2D eigenvalue weighted by atomic mass is 10.3. The first-order chi connectivity index (χ1) is 8.97. The van der Waals surface area contributed by atoms with E-state index in [0.717, 1.165) is 26.4 Å². The number of aryl methyl sites for hydroxylation is 1. The summed E-state index contributed by atoms with van der Waals surface area (Å²) >= 11 is 1.55. The van der Waals surface area contributed by atoms with Crippen LogP contribution in [0, 0.1) is 0 Å². The molecule has 1 N–H and O–H groups in total. The van der Waals surface area contributed by atoms with Gasteiger partial charge in [-0.1, -0.05) is 11.3 Å². The van der Waals surface area contributed by atoms with E-state index >= 15 is 0 Å². The third-order valence-electron chi connectivity index (χ3n) is 2.47. The van der Waals surface area contributed by atoms with Crippen molar-refractivity contribution < 1.29 is 4.79 Å². The van der Waals surface area contributed by atoms with Gasteiger partial charge in [0.15, 0.2) is 0 Å².